The van der Waals surface area contributed by atoms with Crippen LogP contribution in [0.3, 0.4) is 0 Å². The monoisotopic (exact) mass is 459 g/mol. The standard InChI is InChI=1S/C25H21N3O2S2/c1-31-25-27-20-12-11-19(14-22(20)32-25)26-23(29)21-13-17-9-5-6-10-18(17)15-28(21)24(30)16-7-3-2-4-8-16/h2-12,14,21H,13,15H2,1H3,(H,26,29)/t21-/m0/s1. The van der Waals surface area contributed by atoms with Crippen molar-refractivity contribution < 1.29 is 9.59 Å². The second-order valence-electron chi connectivity index (χ2n) is 7.64. The van der Waals surface area contributed by atoms with Crippen LogP contribution in [0.15, 0.2) is 77.1 Å². The molecule has 0 fully saturated rings. The highest BCUT2D eigenvalue weighted by Gasteiger charge is 2.35. The van der Waals surface area contributed by atoms with Gasteiger partial charge in [-0.3, -0.25) is 9.59 Å². The number of hydrogen-bond acceptors (Lipinski definition) is 5. The van der Waals surface area contributed by atoms with Crippen LogP contribution in [0.1, 0.15) is 21.5 Å². The van der Waals surface area contributed by atoms with Crippen molar-refractivity contribution in [2.45, 2.75) is 23.3 Å². The van der Waals surface area contributed by atoms with Gasteiger partial charge >= 0.3 is 0 Å². The van der Waals surface area contributed by atoms with Gasteiger partial charge < -0.3 is 10.2 Å². The number of amides is 2. The van der Waals surface area contributed by atoms with E-state index in [-0.39, 0.29) is 11.8 Å². The zero-order chi connectivity index (χ0) is 22.1. The summed E-state index contributed by atoms with van der Waals surface area (Å²) in [6, 6.07) is 22.3. The molecule has 7 heteroatoms. The molecule has 0 saturated heterocycles. The number of carbonyl (C=O) groups is 2. The molecule has 160 valence electrons. The average molecular weight is 460 g/mol. The molecule has 2 amide bonds. The largest absolute Gasteiger partial charge is 0.324 e. The minimum atomic E-state index is -0.587. The van der Waals surface area contributed by atoms with Crippen molar-refractivity contribution in [3.05, 3.63) is 89.5 Å². The van der Waals surface area contributed by atoms with E-state index in [4.69, 9.17) is 0 Å². The molecule has 0 bridgehead atoms. The first-order valence-electron chi connectivity index (χ1n) is 10.3. The number of anilines is 1. The van der Waals surface area contributed by atoms with Crippen molar-refractivity contribution in [3.63, 3.8) is 0 Å². The maximum Gasteiger partial charge on any atom is 0.254 e. The van der Waals surface area contributed by atoms with Crippen LogP contribution >= 0.6 is 23.1 Å². The van der Waals surface area contributed by atoms with E-state index in [1.807, 2.05) is 66.9 Å². The van der Waals surface area contributed by atoms with Gasteiger partial charge in [-0.25, -0.2) is 4.98 Å². The molecule has 1 aromatic heterocycles. The molecular formula is C25H21N3O2S2. The Hall–Kier alpha value is -3.16. The topological polar surface area (TPSA) is 62.3 Å². The Bertz CT molecular complexity index is 1300. The van der Waals surface area contributed by atoms with Gasteiger partial charge in [0.15, 0.2) is 4.34 Å². The Labute approximate surface area is 194 Å². The van der Waals surface area contributed by atoms with Gasteiger partial charge in [-0.05, 0) is 47.7 Å². The molecule has 2 heterocycles. The van der Waals surface area contributed by atoms with E-state index in [1.165, 1.54) is 0 Å². The summed E-state index contributed by atoms with van der Waals surface area (Å²) < 4.78 is 2.02. The number of hydrogen-bond donors (Lipinski definition) is 1. The van der Waals surface area contributed by atoms with Gasteiger partial charge in [0, 0.05) is 24.2 Å². The molecular weight excluding hydrogens is 438 g/mol. The van der Waals surface area contributed by atoms with Crippen molar-refractivity contribution in [2.24, 2.45) is 0 Å². The predicted molar refractivity (Wildman–Crippen MR) is 130 cm³/mol. The minimum Gasteiger partial charge on any atom is -0.324 e. The van der Waals surface area contributed by atoms with E-state index >= 15 is 0 Å². The Balaban J connectivity index is 1.44. The molecule has 1 aliphatic rings. The van der Waals surface area contributed by atoms with Crippen LogP contribution in [-0.4, -0.2) is 34.0 Å². The SMILES string of the molecule is CSc1nc2ccc(NC(=O)[C@@H]3Cc4ccccc4CN3C(=O)c3ccccc3)cc2s1. The van der Waals surface area contributed by atoms with E-state index in [0.717, 1.165) is 25.7 Å². The molecule has 4 aromatic rings. The number of nitrogens with zero attached hydrogens (tertiary/aromatic N) is 2. The zero-order valence-electron chi connectivity index (χ0n) is 17.4. The molecule has 1 atom stereocenters. The molecule has 0 saturated carbocycles. The third kappa shape index (κ3) is 4.01. The molecule has 0 unspecified atom stereocenters. The van der Waals surface area contributed by atoms with Gasteiger partial charge in [0.1, 0.15) is 6.04 Å². The van der Waals surface area contributed by atoms with Crippen molar-refractivity contribution in [1.29, 1.82) is 0 Å². The highest BCUT2D eigenvalue weighted by Crippen LogP contribution is 2.31. The third-order valence-corrected chi connectivity index (χ3v) is 7.65. The second kappa shape index (κ2) is 8.76. The molecule has 0 spiro atoms. The van der Waals surface area contributed by atoms with Gasteiger partial charge in [0.25, 0.3) is 5.91 Å². The molecule has 32 heavy (non-hydrogen) atoms. The average Bonchev–Trinajstić information content (AvgIpc) is 3.26. The van der Waals surface area contributed by atoms with Gasteiger partial charge in [-0.2, -0.15) is 0 Å². The highest BCUT2D eigenvalue weighted by molar-refractivity contribution is 8.00. The number of aromatic nitrogens is 1. The lowest BCUT2D eigenvalue weighted by Gasteiger charge is -2.36. The summed E-state index contributed by atoms with van der Waals surface area (Å²) in [5.74, 6) is -0.319. The lowest BCUT2D eigenvalue weighted by Crippen LogP contribution is -2.50. The van der Waals surface area contributed by atoms with Crippen LogP contribution in [-0.2, 0) is 17.8 Å². The van der Waals surface area contributed by atoms with Crippen LogP contribution in [0.2, 0.25) is 0 Å². The first-order valence-corrected chi connectivity index (χ1v) is 12.3. The number of fused-ring (bicyclic) bond motifs is 2. The lowest BCUT2D eigenvalue weighted by molar-refractivity contribution is -0.121. The summed E-state index contributed by atoms with van der Waals surface area (Å²) in [7, 11) is 0. The lowest BCUT2D eigenvalue weighted by atomic mass is 9.92. The predicted octanol–water partition coefficient (Wildman–Crippen LogP) is 5.22. The zero-order valence-corrected chi connectivity index (χ0v) is 19.1. The van der Waals surface area contributed by atoms with Crippen molar-refractivity contribution in [2.75, 3.05) is 11.6 Å². The van der Waals surface area contributed by atoms with E-state index in [9.17, 15) is 9.59 Å². The van der Waals surface area contributed by atoms with Crippen LogP contribution in [0.4, 0.5) is 5.69 Å². The third-order valence-electron chi connectivity index (χ3n) is 5.64. The number of nitrogens with one attached hydrogen (secondary N) is 1. The first-order chi connectivity index (χ1) is 15.6. The van der Waals surface area contributed by atoms with Gasteiger partial charge in [-0.15, -0.1) is 11.3 Å². The number of rotatable bonds is 4. The summed E-state index contributed by atoms with van der Waals surface area (Å²) in [4.78, 5) is 33.0. The molecule has 0 radical (unpaired) electrons. The first kappa shape index (κ1) is 20.7. The van der Waals surface area contributed by atoms with Crippen LogP contribution in [0.5, 0.6) is 0 Å². The quantitative estimate of drug-likeness (QED) is 0.425. The van der Waals surface area contributed by atoms with Gasteiger partial charge in [-0.1, -0.05) is 54.2 Å². The van der Waals surface area contributed by atoms with E-state index in [2.05, 4.69) is 10.3 Å². The van der Waals surface area contributed by atoms with Gasteiger partial charge in [0.05, 0.1) is 10.2 Å². The van der Waals surface area contributed by atoms with E-state index < -0.39 is 6.04 Å². The minimum absolute atomic E-state index is 0.136. The van der Waals surface area contributed by atoms with Crippen LogP contribution < -0.4 is 5.32 Å². The highest BCUT2D eigenvalue weighted by atomic mass is 32.2. The Morgan fingerprint density at radius 2 is 1.78 bits per heavy atom. The normalized spacial score (nSPS) is 15.4. The van der Waals surface area contributed by atoms with E-state index in [1.54, 1.807) is 40.1 Å². The van der Waals surface area contributed by atoms with Crippen molar-refractivity contribution >= 4 is 50.8 Å². The Kier molecular flexibility index (Phi) is 5.68. The Morgan fingerprint density at radius 1 is 1.03 bits per heavy atom. The maximum atomic E-state index is 13.4. The molecule has 1 N–H and O–H groups in total. The van der Waals surface area contributed by atoms with Crippen LogP contribution in [0, 0.1) is 0 Å². The molecule has 3 aromatic carbocycles. The fraction of sp³-hybridized carbons (Fsp3) is 0.160. The number of benzene rings is 3. The molecule has 5 rings (SSSR count). The molecule has 1 aliphatic heterocycles. The van der Waals surface area contributed by atoms with Crippen molar-refractivity contribution in [3.8, 4) is 0 Å². The number of thioether (sulfide) groups is 1. The summed E-state index contributed by atoms with van der Waals surface area (Å²) in [6.45, 7) is 0.410. The smallest absolute Gasteiger partial charge is 0.254 e. The summed E-state index contributed by atoms with van der Waals surface area (Å²) in [5.41, 5.74) is 4.40. The summed E-state index contributed by atoms with van der Waals surface area (Å²) in [6.07, 6.45) is 2.49. The van der Waals surface area contributed by atoms with Crippen molar-refractivity contribution in [1.82, 2.24) is 9.88 Å². The fourth-order valence-corrected chi connectivity index (χ4v) is 5.54. The number of carbonyl (C=O) groups excluding carboxylic acids is 2. The Morgan fingerprint density at radius 3 is 2.56 bits per heavy atom. The summed E-state index contributed by atoms with van der Waals surface area (Å²) in [5, 5.41) is 3.04. The second-order valence-corrected chi connectivity index (χ2v) is 9.73. The molecule has 5 nitrogen and oxygen atoms in total. The molecule has 0 aliphatic carbocycles. The van der Waals surface area contributed by atoms with E-state index in [0.29, 0.717) is 24.2 Å². The number of thiazole rings is 1. The van der Waals surface area contributed by atoms with Crippen LogP contribution in [0.25, 0.3) is 10.2 Å². The fourth-order valence-electron chi connectivity index (χ4n) is 4.01. The summed E-state index contributed by atoms with van der Waals surface area (Å²) >= 11 is 3.21. The van der Waals surface area contributed by atoms with Gasteiger partial charge in [0.2, 0.25) is 5.91 Å². The maximum absolute atomic E-state index is 13.4.